The second kappa shape index (κ2) is 4.38. The Labute approximate surface area is 107 Å². The molecule has 3 heteroatoms. The first-order chi connectivity index (χ1) is 8.71. The van der Waals surface area contributed by atoms with Gasteiger partial charge < -0.3 is 5.32 Å². The number of carbonyl (C=O) groups is 1. The predicted molar refractivity (Wildman–Crippen MR) is 67.4 cm³/mol. The van der Waals surface area contributed by atoms with Crippen LogP contribution in [0.25, 0.3) is 0 Å². The molecule has 2 aliphatic carbocycles. The number of rotatable bonds is 3. The summed E-state index contributed by atoms with van der Waals surface area (Å²) in [6.07, 6.45) is 5.97. The molecule has 0 unspecified atom stereocenters. The lowest BCUT2D eigenvalue weighted by atomic mass is 10.0. The highest BCUT2D eigenvalue weighted by molar-refractivity contribution is 5.80. The summed E-state index contributed by atoms with van der Waals surface area (Å²) in [6.45, 7) is 0. The van der Waals surface area contributed by atoms with Crippen molar-refractivity contribution in [1.82, 2.24) is 5.32 Å². The minimum atomic E-state index is -0.412. The fraction of sp³-hybridized carbons (Fsp3) is 0.533. The molecule has 0 aromatic heterocycles. The Bertz CT molecular complexity index is 461. The lowest BCUT2D eigenvalue weighted by Crippen LogP contribution is -2.38. The summed E-state index contributed by atoms with van der Waals surface area (Å²) >= 11 is 0. The number of hydrogen-bond donors (Lipinski definition) is 1. The zero-order chi connectivity index (χ0) is 12.6. The van der Waals surface area contributed by atoms with E-state index in [1.165, 1.54) is 6.07 Å². The van der Waals surface area contributed by atoms with Gasteiger partial charge in [0.2, 0.25) is 5.91 Å². The monoisotopic (exact) mass is 247 g/mol. The zero-order valence-electron chi connectivity index (χ0n) is 10.4. The number of halogens is 1. The van der Waals surface area contributed by atoms with Crippen molar-refractivity contribution in [2.45, 2.75) is 44.1 Å². The molecule has 3 rings (SSSR count). The summed E-state index contributed by atoms with van der Waals surface area (Å²) in [7, 11) is 0. The van der Waals surface area contributed by atoms with Crippen LogP contribution in [0.2, 0.25) is 0 Å². The van der Waals surface area contributed by atoms with Gasteiger partial charge >= 0.3 is 0 Å². The van der Waals surface area contributed by atoms with E-state index in [1.807, 2.05) is 6.07 Å². The molecular weight excluding hydrogens is 229 g/mol. The fourth-order valence-corrected chi connectivity index (χ4v) is 2.96. The van der Waals surface area contributed by atoms with Crippen LogP contribution in [0.3, 0.4) is 0 Å². The average molecular weight is 247 g/mol. The topological polar surface area (TPSA) is 29.1 Å². The smallest absolute Gasteiger partial charge is 0.223 e. The van der Waals surface area contributed by atoms with Crippen molar-refractivity contribution in [3.8, 4) is 0 Å². The quantitative estimate of drug-likeness (QED) is 0.873. The van der Waals surface area contributed by atoms with E-state index in [0.717, 1.165) is 38.5 Å². The molecule has 1 N–H and O–H groups in total. The zero-order valence-corrected chi connectivity index (χ0v) is 10.4. The Morgan fingerprint density at radius 1 is 1.22 bits per heavy atom. The second-order valence-corrected chi connectivity index (χ2v) is 5.53. The van der Waals surface area contributed by atoms with Gasteiger partial charge in [0.25, 0.3) is 0 Å². The maximum absolute atomic E-state index is 13.8. The Hall–Kier alpha value is -1.38. The van der Waals surface area contributed by atoms with Crippen LogP contribution < -0.4 is 5.32 Å². The van der Waals surface area contributed by atoms with E-state index < -0.39 is 5.54 Å². The van der Waals surface area contributed by atoms with E-state index in [-0.39, 0.29) is 17.6 Å². The normalized spacial score (nSPS) is 21.8. The molecule has 0 atom stereocenters. The first-order valence-corrected chi connectivity index (χ1v) is 6.78. The van der Waals surface area contributed by atoms with Gasteiger partial charge in [0.15, 0.2) is 0 Å². The highest BCUT2D eigenvalue weighted by Gasteiger charge is 2.48. The van der Waals surface area contributed by atoms with Gasteiger partial charge in [-0.25, -0.2) is 4.39 Å². The molecule has 0 heterocycles. The lowest BCUT2D eigenvalue weighted by Gasteiger charge is -2.21. The third-order valence-corrected chi connectivity index (χ3v) is 4.23. The van der Waals surface area contributed by atoms with Crippen LogP contribution in [0.15, 0.2) is 24.3 Å². The summed E-state index contributed by atoms with van der Waals surface area (Å²) in [5.41, 5.74) is 0.238. The summed E-state index contributed by atoms with van der Waals surface area (Å²) in [4.78, 5) is 12.2. The first kappa shape index (κ1) is 11.7. The first-order valence-electron chi connectivity index (χ1n) is 6.78. The van der Waals surface area contributed by atoms with Crippen LogP contribution in [0, 0.1) is 11.7 Å². The minimum Gasteiger partial charge on any atom is -0.346 e. The van der Waals surface area contributed by atoms with E-state index in [9.17, 15) is 9.18 Å². The fourth-order valence-electron chi connectivity index (χ4n) is 2.96. The molecular formula is C15H18FNO. The van der Waals surface area contributed by atoms with E-state index in [2.05, 4.69) is 5.32 Å². The van der Waals surface area contributed by atoms with E-state index in [1.54, 1.807) is 12.1 Å². The third kappa shape index (κ3) is 2.02. The van der Waals surface area contributed by atoms with Gasteiger partial charge in [-0.3, -0.25) is 4.79 Å². The van der Waals surface area contributed by atoms with E-state index in [0.29, 0.717) is 5.56 Å². The number of benzene rings is 1. The lowest BCUT2D eigenvalue weighted by molar-refractivity contribution is -0.125. The molecule has 2 saturated carbocycles. The molecule has 0 bridgehead atoms. The Kier molecular flexibility index (Phi) is 2.84. The van der Waals surface area contributed by atoms with Crippen LogP contribution in [-0.2, 0) is 10.3 Å². The van der Waals surface area contributed by atoms with Gasteiger partial charge in [-0.05, 0) is 31.7 Å². The average Bonchev–Trinajstić information content (AvgIpc) is 2.94. The van der Waals surface area contributed by atoms with Crippen LogP contribution in [0.1, 0.15) is 44.1 Å². The summed E-state index contributed by atoms with van der Waals surface area (Å²) < 4.78 is 13.8. The largest absolute Gasteiger partial charge is 0.346 e. The number of nitrogens with one attached hydrogen (secondary N) is 1. The maximum atomic E-state index is 13.8. The van der Waals surface area contributed by atoms with Crippen LogP contribution in [-0.4, -0.2) is 5.91 Å². The van der Waals surface area contributed by atoms with Gasteiger partial charge in [0.05, 0.1) is 5.54 Å². The van der Waals surface area contributed by atoms with E-state index >= 15 is 0 Å². The molecule has 0 saturated heterocycles. The molecule has 0 spiro atoms. The molecule has 96 valence electrons. The Balaban J connectivity index is 1.75. The highest BCUT2D eigenvalue weighted by atomic mass is 19.1. The van der Waals surface area contributed by atoms with Gasteiger partial charge in [-0.1, -0.05) is 31.0 Å². The summed E-state index contributed by atoms with van der Waals surface area (Å²) in [5.74, 6) is 0.0595. The highest BCUT2D eigenvalue weighted by Crippen LogP contribution is 2.46. The molecule has 0 radical (unpaired) electrons. The molecule has 1 aromatic rings. The van der Waals surface area contributed by atoms with Gasteiger partial charge in [-0.15, -0.1) is 0 Å². The van der Waals surface area contributed by atoms with Crippen LogP contribution >= 0.6 is 0 Å². The van der Waals surface area contributed by atoms with Crippen molar-refractivity contribution in [3.63, 3.8) is 0 Å². The maximum Gasteiger partial charge on any atom is 0.223 e. The molecule has 2 nitrogen and oxygen atoms in total. The van der Waals surface area contributed by atoms with Crippen molar-refractivity contribution in [2.75, 3.05) is 0 Å². The summed E-state index contributed by atoms with van der Waals surface area (Å²) in [6, 6.07) is 6.78. The van der Waals surface area contributed by atoms with Gasteiger partial charge in [0, 0.05) is 11.5 Å². The van der Waals surface area contributed by atoms with Crippen LogP contribution in [0.5, 0.6) is 0 Å². The number of carbonyl (C=O) groups excluding carboxylic acids is 1. The molecule has 1 aromatic carbocycles. The molecule has 2 aliphatic rings. The van der Waals surface area contributed by atoms with Gasteiger partial charge in [0.1, 0.15) is 5.82 Å². The molecule has 18 heavy (non-hydrogen) atoms. The van der Waals surface area contributed by atoms with Crippen molar-refractivity contribution >= 4 is 5.91 Å². The van der Waals surface area contributed by atoms with Gasteiger partial charge in [-0.2, -0.15) is 0 Å². The van der Waals surface area contributed by atoms with Crippen molar-refractivity contribution in [3.05, 3.63) is 35.6 Å². The minimum absolute atomic E-state index is 0.119. The number of amides is 1. The van der Waals surface area contributed by atoms with Crippen molar-refractivity contribution in [1.29, 1.82) is 0 Å². The molecule has 1 amide bonds. The molecule has 0 aliphatic heterocycles. The predicted octanol–water partition coefficient (Wildman–Crippen LogP) is 3.12. The second-order valence-electron chi connectivity index (χ2n) is 5.53. The van der Waals surface area contributed by atoms with E-state index in [4.69, 9.17) is 0 Å². The Morgan fingerprint density at radius 3 is 2.50 bits per heavy atom. The molecule has 2 fully saturated rings. The standard InChI is InChI=1S/C15H18FNO/c16-13-8-4-3-7-12(13)15(9-10-15)17-14(18)11-5-1-2-6-11/h3-4,7-8,11H,1-2,5-6,9-10H2,(H,17,18). The van der Waals surface area contributed by atoms with Crippen molar-refractivity contribution < 1.29 is 9.18 Å². The summed E-state index contributed by atoms with van der Waals surface area (Å²) in [5, 5.41) is 3.09. The third-order valence-electron chi connectivity index (χ3n) is 4.23. The SMILES string of the molecule is O=C(NC1(c2ccccc2F)CC1)C1CCCC1. The van der Waals surface area contributed by atoms with Crippen LogP contribution in [0.4, 0.5) is 4.39 Å². The number of hydrogen-bond acceptors (Lipinski definition) is 1. The van der Waals surface area contributed by atoms with Crippen molar-refractivity contribution in [2.24, 2.45) is 5.92 Å². The Morgan fingerprint density at radius 2 is 1.89 bits per heavy atom.